The zero-order chi connectivity index (χ0) is 15.5. The summed E-state index contributed by atoms with van der Waals surface area (Å²) in [5.41, 5.74) is 0.634. The molecule has 1 aliphatic rings. The maximum atomic E-state index is 13.1. The van der Waals surface area contributed by atoms with Gasteiger partial charge in [0.05, 0.1) is 12.5 Å². The van der Waals surface area contributed by atoms with Crippen LogP contribution < -0.4 is 0 Å². The first-order valence-electron chi connectivity index (χ1n) is 7.24. The lowest BCUT2D eigenvalue weighted by Crippen LogP contribution is -2.39. The molecule has 1 amide bonds. The number of carbonyl (C=O) groups excluding carboxylic acids is 1. The number of benzene rings is 1. The number of H-pyrrole nitrogens is 1. The molecule has 1 atom stereocenters. The van der Waals surface area contributed by atoms with E-state index in [2.05, 4.69) is 15.2 Å². The van der Waals surface area contributed by atoms with Gasteiger partial charge < -0.3 is 4.90 Å². The van der Waals surface area contributed by atoms with Gasteiger partial charge in [-0.15, -0.1) is 0 Å². The van der Waals surface area contributed by atoms with Crippen LogP contribution in [-0.4, -0.2) is 32.5 Å². The molecular formula is C15H16ClFN4O. The molecule has 0 bridgehead atoms. The minimum Gasteiger partial charge on any atom is -0.332 e. The monoisotopic (exact) mass is 322 g/mol. The van der Waals surface area contributed by atoms with E-state index in [1.54, 1.807) is 6.07 Å². The number of piperidine rings is 1. The van der Waals surface area contributed by atoms with Crippen LogP contribution in [0.1, 0.15) is 36.7 Å². The van der Waals surface area contributed by atoms with Gasteiger partial charge >= 0.3 is 0 Å². The fraction of sp³-hybridized carbons (Fsp3) is 0.400. The Kier molecular flexibility index (Phi) is 4.38. The zero-order valence-corrected chi connectivity index (χ0v) is 12.7. The predicted molar refractivity (Wildman–Crippen MR) is 79.8 cm³/mol. The highest BCUT2D eigenvalue weighted by atomic mass is 35.5. The van der Waals surface area contributed by atoms with E-state index < -0.39 is 5.82 Å². The van der Waals surface area contributed by atoms with Crippen molar-refractivity contribution < 1.29 is 9.18 Å². The quantitative estimate of drug-likeness (QED) is 0.945. The number of aromatic nitrogens is 3. The van der Waals surface area contributed by atoms with E-state index in [1.807, 2.05) is 4.90 Å². The highest BCUT2D eigenvalue weighted by Crippen LogP contribution is 2.29. The van der Waals surface area contributed by atoms with Gasteiger partial charge in [0.15, 0.2) is 0 Å². The van der Waals surface area contributed by atoms with Crippen molar-refractivity contribution in [1.29, 1.82) is 0 Å². The number of aromatic amines is 1. The number of hydrogen-bond acceptors (Lipinski definition) is 3. The number of amides is 1. The van der Waals surface area contributed by atoms with Gasteiger partial charge in [0, 0.05) is 11.6 Å². The van der Waals surface area contributed by atoms with Crippen LogP contribution in [0, 0.1) is 5.82 Å². The highest BCUT2D eigenvalue weighted by molar-refractivity contribution is 6.31. The minimum atomic E-state index is -0.404. The molecule has 2 aromatic rings. The molecule has 0 unspecified atom stereocenters. The topological polar surface area (TPSA) is 61.9 Å². The van der Waals surface area contributed by atoms with Crippen LogP contribution in [0.2, 0.25) is 5.02 Å². The third-order valence-corrected chi connectivity index (χ3v) is 4.28. The lowest BCUT2D eigenvalue weighted by molar-refractivity contribution is -0.134. The first-order chi connectivity index (χ1) is 10.6. The molecule has 5 nitrogen and oxygen atoms in total. The van der Waals surface area contributed by atoms with E-state index in [4.69, 9.17) is 11.6 Å². The third kappa shape index (κ3) is 3.11. The SMILES string of the molecule is O=C(Cc1ccc(F)cc1Cl)N1CCCC[C@@H]1c1ncn[nH]1. The Labute approximate surface area is 132 Å². The average Bonchev–Trinajstić information content (AvgIpc) is 3.04. The van der Waals surface area contributed by atoms with E-state index in [0.717, 1.165) is 19.3 Å². The predicted octanol–water partition coefficient (Wildman–Crippen LogP) is 2.89. The second-order valence-corrected chi connectivity index (χ2v) is 5.79. The van der Waals surface area contributed by atoms with Gasteiger partial charge in [-0.1, -0.05) is 17.7 Å². The molecule has 1 aromatic carbocycles. The Balaban J connectivity index is 1.77. The van der Waals surface area contributed by atoms with Crippen LogP contribution in [0.25, 0.3) is 0 Å². The van der Waals surface area contributed by atoms with Crippen molar-refractivity contribution in [3.05, 3.63) is 46.8 Å². The summed E-state index contributed by atoms with van der Waals surface area (Å²) in [6.45, 7) is 0.684. The molecule has 1 N–H and O–H groups in total. The molecule has 3 rings (SSSR count). The van der Waals surface area contributed by atoms with Crippen LogP contribution in [0.3, 0.4) is 0 Å². The Morgan fingerprint density at radius 2 is 2.32 bits per heavy atom. The molecule has 1 aliphatic heterocycles. The molecule has 116 valence electrons. The molecule has 0 radical (unpaired) electrons. The first-order valence-corrected chi connectivity index (χ1v) is 7.61. The van der Waals surface area contributed by atoms with Crippen LogP contribution in [0.15, 0.2) is 24.5 Å². The van der Waals surface area contributed by atoms with Gasteiger partial charge in [-0.3, -0.25) is 9.89 Å². The van der Waals surface area contributed by atoms with Crippen molar-refractivity contribution >= 4 is 17.5 Å². The van der Waals surface area contributed by atoms with Crippen molar-refractivity contribution in [1.82, 2.24) is 20.1 Å². The molecule has 0 spiro atoms. The number of carbonyl (C=O) groups is 1. The van der Waals surface area contributed by atoms with Gasteiger partial charge in [-0.2, -0.15) is 5.10 Å². The largest absolute Gasteiger partial charge is 0.332 e. The molecule has 7 heteroatoms. The lowest BCUT2D eigenvalue weighted by Gasteiger charge is -2.34. The van der Waals surface area contributed by atoms with Gasteiger partial charge in [0.2, 0.25) is 5.91 Å². The molecule has 1 fully saturated rings. The van der Waals surface area contributed by atoms with Crippen LogP contribution in [-0.2, 0) is 11.2 Å². The Hall–Kier alpha value is -1.95. The number of nitrogens with one attached hydrogen (secondary N) is 1. The van der Waals surface area contributed by atoms with E-state index in [9.17, 15) is 9.18 Å². The van der Waals surface area contributed by atoms with E-state index in [-0.39, 0.29) is 23.4 Å². The van der Waals surface area contributed by atoms with Crippen molar-refractivity contribution in [2.24, 2.45) is 0 Å². The van der Waals surface area contributed by atoms with Crippen LogP contribution >= 0.6 is 11.6 Å². The van der Waals surface area contributed by atoms with Crippen LogP contribution in [0.5, 0.6) is 0 Å². The summed E-state index contributed by atoms with van der Waals surface area (Å²) in [4.78, 5) is 18.6. The average molecular weight is 323 g/mol. The first kappa shape index (κ1) is 15.0. The molecule has 1 saturated heterocycles. The number of hydrogen-bond donors (Lipinski definition) is 1. The van der Waals surface area contributed by atoms with Gasteiger partial charge in [-0.25, -0.2) is 9.37 Å². The van der Waals surface area contributed by atoms with E-state index >= 15 is 0 Å². The third-order valence-electron chi connectivity index (χ3n) is 3.93. The number of likely N-dealkylation sites (tertiary alicyclic amines) is 1. The summed E-state index contributed by atoms with van der Waals surface area (Å²) in [6.07, 6.45) is 4.48. The van der Waals surface area contributed by atoms with Crippen molar-refractivity contribution in [3.63, 3.8) is 0 Å². The number of rotatable bonds is 3. The highest BCUT2D eigenvalue weighted by Gasteiger charge is 2.30. The zero-order valence-electron chi connectivity index (χ0n) is 11.9. The lowest BCUT2D eigenvalue weighted by atomic mass is 10.00. The Morgan fingerprint density at radius 1 is 1.45 bits per heavy atom. The summed E-state index contributed by atoms with van der Waals surface area (Å²) in [5.74, 6) is 0.270. The second-order valence-electron chi connectivity index (χ2n) is 5.38. The van der Waals surface area contributed by atoms with Gasteiger partial charge in [-0.05, 0) is 37.0 Å². The molecule has 0 aliphatic carbocycles. The summed E-state index contributed by atoms with van der Waals surface area (Å²) in [6, 6.07) is 4.03. The van der Waals surface area contributed by atoms with Gasteiger partial charge in [0.1, 0.15) is 18.0 Å². The second kappa shape index (κ2) is 6.44. The summed E-state index contributed by atoms with van der Waals surface area (Å²) < 4.78 is 13.1. The van der Waals surface area contributed by atoms with Crippen LogP contribution in [0.4, 0.5) is 4.39 Å². The minimum absolute atomic E-state index is 0.0328. The van der Waals surface area contributed by atoms with Crippen molar-refractivity contribution in [2.75, 3.05) is 6.54 Å². The number of nitrogens with zero attached hydrogens (tertiary/aromatic N) is 3. The fourth-order valence-electron chi connectivity index (χ4n) is 2.82. The fourth-order valence-corrected chi connectivity index (χ4v) is 3.05. The maximum absolute atomic E-state index is 13.1. The maximum Gasteiger partial charge on any atom is 0.227 e. The molecule has 1 aromatic heterocycles. The Bertz CT molecular complexity index is 662. The Morgan fingerprint density at radius 3 is 3.05 bits per heavy atom. The molecular weight excluding hydrogens is 307 g/mol. The standard InChI is InChI=1S/C15H16ClFN4O/c16-12-8-11(17)5-4-10(12)7-14(22)21-6-2-1-3-13(21)15-18-9-19-20-15/h4-5,8-9,13H,1-3,6-7H2,(H,18,19,20)/t13-/m1/s1. The smallest absolute Gasteiger partial charge is 0.227 e. The van der Waals surface area contributed by atoms with Gasteiger partial charge in [0.25, 0.3) is 0 Å². The van der Waals surface area contributed by atoms with Crippen molar-refractivity contribution in [2.45, 2.75) is 31.7 Å². The van der Waals surface area contributed by atoms with E-state index in [1.165, 1.54) is 18.5 Å². The van der Waals surface area contributed by atoms with Crippen molar-refractivity contribution in [3.8, 4) is 0 Å². The molecule has 2 heterocycles. The normalized spacial score (nSPS) is 18.5. The summed E-state index contributed by atoms with van der Waals surface area (Å²) >= 11 is 6.01. The molecule has 0 saturated carbocycles. The number of halogens is 2. The van der Waals surface area contributed by atoms with E-state index in [0.29, 0.717) is 17.9 Å². The summed E-state index contributed by atoms with van der Waals surface area (Å²) in [5, 5.41) is 6.99. The summed E-state index contributed by atoms with van der Waals surface area (Å²) in [7, 11) is 0. The molecule has 22 heavy (non-hydrogen) atoms.